The minimum Gasteiger partial charge on any atom is -0.496 e. The van der Waals surface area contributed by atoms with E-state index in [1.807, 2.05) is 0 Å². The summed E-state index contributed by atoms with van der Waals surface area (Å²) < 4.78 is 18.2. The lowest BCUT2D eigenvalue weighted by molar-refractivity contribution is -0.138. The summed E-state index contributed by atoms with van der Waals surface area (Å²) in [5, 5.41) is 8.68. The monoisotopic (exact) mass is 227 g/mol. The van der Waals surface area contributed by atoms with E-state index in [-0.39, 0.29) is 6.42 Å². The Morgan fingerprint density at radius 1 is 1.62 bits per heavy atom. The number of halogens is 1. The fourth-order valence-corrected chi connectivity index (χ4v) is 1.46. The average molecular weight is 227 g/mol. The molecule has 88 valence electrons. The lowest BCUT2D eigenvalue weighted by atomic mass is 10.0. The Hall–Kier alpha value is -1.62. The predicted octanol–water partition coefficient (Wildman–Crippen LogP) is 1.10. The second-order valence-corrected chi connectivity index (χ2v) is 3.54. The molecule has 4 nitrogen and oxygen atoms in total. The third kappa shape index (κ3) is 2.70. The lowest BCUT2D eigenvalue weighted by Gasteiger charge is -2.12. The number of carboxylic acids is 1. The van der Waals surface area contributed by atoms with Crippen LogP contribution < -0.4 is 10.5 Å². The van der Waals surface area contributed by atoms with Crippen LogP contribution in [0.1, 0.15) is 11.1 Å². The van der Waals surface area contributed by atoms with Crippen molar-refractivity contribution in [2.45, 2.75) is 19.4 Å². The zero-order chi connectivity index (χ0) is 12.3. The highest BCUT2D eigenvalue weighted by atomic mass is 19.1. The molecule has 0 aromatic heterocycles. The number of carbonyl (C=O) groups is 1. The van der Waals surface area contributed by atoms with Crippen LogP contribution in [0.2, 0.25) is 0 Å². The Kier molecular flexibility index (Phi) is 3.84. The molecule has 3 N–H and O–H groups in total. The molecule has 1 aromatic rings. The third-order valence-electron chi connectivity index (χ3n) is 2.41. The molecule has 0 radical (unpaired) electrons. The van der Waals surface area contributed by atoms with Crippen LogP contribution in [0.15, 0.2) is 12.1 Å². The first-order valence-corrected chi connectivity index (χ1v) is 4.77. The fraction of sp³-hybridized carbons (Fsp3) is 0.364. The number of ether oxygens (including phenoxy) is 1. The van der Waals surface area contributed by atoms with Gasteiger partial charge in [-0.3, -0.25) is 4.79 Å². The highest BCUT2D eigenvalue weighted by molar-refractivity contribution is 5.73. The summed E-state index contributed by atoms with van der Waals surface area (Å²) >= 11 is 0. The van der Waals surface area contributed by atoms with Crippen LogP contribution in [0.5, 0.6) is 5.75 Å². The summed E-state index contributed by atoms with van der Waals surface area (Å²) in [6.07, 6.45) is 0.0787. The van der Waals surface area contributed by atoms with E-state index < -0.39 is 17.8 Å². The molecule has 5 heteroatoms. The van der Waals surface area contributed by atoms with E-state index in [4.69, 9.17) is 15.6 Å². The molecule has 0 bridgehead atoms. The fourth-order valence-electron chi connectivity index (χ4n) is 1.46. The molecule has 0 spiro atoms. The first kappa shape index (κ1) is 12.4. The number of methoxy groups -OCH3 is 1. The Morgan fingerprint density at radius 3 is 2.75 bits per heavy atom. The summed E-state index contributed by atoms with van der Waals surface area (Å²) in [4.78, 5) is 10.6. The quantitative estimate of drug-likeness (QED) is 0.807. The van der Waals surface area contributed by atoms with Gasteiger partial charge >= 0.3 is 5.97 Å². The van der Waals surface area contributed by atoms with Crippen LogP contribution in [0.3, 0.4) is 0 Å². The van der Waals surface area contributed by atoms with Crippen LogP contribution in [0.25, 0.3) is 0 Å². The van der Waals surface area contributed by atoms with Gasteiger partial charge in [-0.05, 0) is 30.5 Å². The number of rotatable bonds is 4. The standard InChI is InChI=1S/C11H14FNO3/c1-6-7(4-9(13)11(14)15)3-8(12)5-10(6)16-2/h3,5,9H,4,13H2,1-2H3,(H,14,15). The molecule has 0 amide bonds. The van der Waals surface area contributed by atoms with Gasteiger partial charge in [0, 0.05) is 6.07 Å². The molecule has 0 saturated heterocycles. The molecule has 0 fully saturated rings. The number of hydrogen-bond donors (Lipinski definition) is 2. The van der Waals surface area contributed by atoms with Crippen molar-refractivity contribution in [3.05, 3.63) is 29.1 Å². The summed E-state index contributed by atoms with van der Waals surface area (Å²) in [5.41, 5.74) is 6.65. The van der Waals surface area contributed by atoms with E-state index in [2.05, 4.69) is 0 Å². The van der Waals surface area contributed by atoms with Gasteiger partial charge in [-0.1, -0.05) is 0 Å². The van der Waals surface area contributed by atoms with Gasteiger partial charge < -0.3 is 15.6 Å². The van der Waals surface area contributed by atoms with E-state index in [9.17, 15) is 9.18 Å². The molecule has 1 rings (SSSR count). The number of carboxylic acid groups (broad SMARTS) is 1. The summed E-state index contributed by atoms with van der Waals surface area (Å²) in [6.45, 7) is 1.74. The average Bonchev–Trinajstić information content (AvgIpc) is 2.22. The van der Waals surface area contributed by atoms with E-state index in [0.717, 1.165) is 0 Å². The maximum Gasteiger partial charge on any atom is 0.320 e. The minimum atomic E-state index is -1.11. The molecule has 1 aromatic carbocycles. The van der Waals surface area contributed by atoms with Crippen molar-refractivity contribution in [3.8, 4) is 5.75 Å². The highest BCUT2D eigenvalue weighted by Crippen LogP contribution is 2.23. The van der Waals surface area contributed by atoms with Crippen LogP contribution in [0, 0.1) is 12.7 Å². The predicted molar refractivity (Wildman–Crippen MR) is 57.0 cm³/mol. The van der Waals surface area contributed by atoms with Gasteiger partial charge in [0.05, 0.1) is 7.11 Å². The van der Waals surface area contributed by atoms with Crippen LogP contribution in [-0.4, -0.2) is 24.2 Å². The Balaban J connectivity index is 3.04. The van der Waals surface area contributed by atoms with E-state index in [1.165, 1.54) is 19.2 Å². The van der Waals surface area contributed by atoms with Crippen LogP contribution in [0.4, 0.5) is 4.39 Å². The number of aliphatic carboxylic acids is 1. The number of benzene rings is 1. The first-order valence-electron chi connectivity index (χ1n) is 4.77. The maximum atomic E-state index is 13.2. The normalized spacial score (nSPS) is 12.2. The van der Waals surface area contributed by atoms with Crippen molar-refractivity contribution >= 4 is 5.97 Å². The lowest BCUT2D eigenvalue weighted by Crippen LogP contribution is -2.32. The van der Waals surface area contributed by atoms with Crippen molar-refractivity contribution in [3.63, 3.8) is 0 Å². The molecule has 1 atom stereocenters. The molecule has 0 saturated carbocycles. The third-order valence-corrected chi connectivity index (χ3v) is 2.41. The van der Waals surface area contributed by atoms with Gasteiger partial charge in [-0.25, -0.2) is 4.39 Å². The van der Waals surface area contributed by atoms with Crippen LogP contribution in [-0.2, 0) is 11.2 Å². The zero-order valence-electron chi connectivity index (χ0n) is 9.16. The Bertz CT molecular complexity index is 406. The molecular weight excluding hydrogens is 213 g/mol. The van der Waals surface area contributed by atoms with E-state index in [0.29, 0.717) is 16.9 Å². The van der Waals surface area contributed by atoms with Crippen molar-refractivity contribution < 1.29 is 19.0 Å². The molecular formula is C11H14FNO3. The van der Waals surface area contributed by atoms with Gasteiger partial charge in [0.2, 0.25) is 0 Å². The van der Waals surface area contributed by atoms with Gasteiger partial charge in [-0.15, -0.1) is 0 Å². The number of hydrogen-bond acceptors (Lipinski definition) is 3. The second-order valence-electron chi connectivity index (χ2n) is 3.54. The molecule has 0 aliphatic rings. The second kappa shape index (κ2) is 4.94. The van der Waals surface area contributed by atoms with Crippen molar-refractivity contribution in [1.29, 1.82) is 0 Å². The van der Waals surface area contributed by atoms with Gasteiger partial charge in [0.15, 0.2) is 0 Å². The topological polar surface area (TPSA) is 72.5 Å². The highest BCUT2D eigenvalue weighted by Gasteiger charge is 2.16. The van der Waals surface area contributed by atoms with Crippen molar-refractivity contribution in [2.24, 2.45) is 5.73 Å². The minimum absolute atomic E-state index is 0.0787. The summed E-state index contributed by atoms with van der Waals surface area (Å²) in [6, 6.07) is 1.50. The SMILES string of the molecule is COc1cc(F)cc(CC(N)C(=O)O)c1C. The van der Waals surface area contributed by atoms with E-state index in [1.54, 1.807) is 6.92 Å². The molecule has 1 unspecified atom stereocenters. The molecule has 0 heterocycles. The number of nitrogens with two attached hydrogens (primary N) is 1. The molecule has 16 heavy (non-hydrogen) atoms. The van der Waals surface area contributed by atoms with Crippen LogP contribution >= 0.6 is 0 Å². The van der Waals surface area contributed by atoms with E-state index >= 15 is 0 Å². The van der Waals surface area contributed by atoms with Gasteiger partial charge in [0.1, 0.15) is 17.6 Å². The van der Waals surface area contributed by atoms with Gasteiger partial charge in [0.25, 0.3) is 0 Å². The zero-order valence-corrected chi connectivity index (χ0v) is 9.16. The molecule has 0 aliphatic carbocycles. The molecule has 0 aliphatic heterocycles. The summed E-state index contributed by atoms with van der Waals surface area (Å²) in [7, 11) is 1.43. The smallest absolute Gasteiger partial charge is 0.320 e. The largest absolute Gasteiger partial charge is 0.496 e. The van der Waals surface area contributed by atoms with Gasteiger partial charge in [-0.2, -0.15) is 0 Å². The Labute approximate surface area is 92.8 Å². The summed E-state index contributed by atoms with van der Waals surface area (Å²) in [5.74, 6) is -1.18. The van der Waals surface area contributed by atoms with Crippen molar-refractivity contribution in [1.82, 2.24) is 0 Å². The Morgan fingerprint density at radius 2 is 2.25 bits per heavy atom. The van der Waals surface area contributed by atoms with Crippen molar-refractivity contribution in [2.75, 3.05) is 7.11 Å². The first-order chi connectivity index (χ1) is 7.45. The maximum absolute atomic E-state index is 13.2.